The highest BCUT2D eigenvalue weighted by Gasteiger charge is 2.34. The van der Waals surface area contributed by atoms with Gasteiger partial charge in [-0.2, -0.15) is 10.1 Å². The number of carbonyl (C=O) groups is 3. The quantitative estimate of drug-likeness (QED) is 0.790. The van der Waals surface area contributed by atoms with Gasteiger partial charge < -0.3 is 10.1 Å². The highest BCUT2D eigenvalue weighted by Crippen LogP contribution is 2.25. The van der Waals surface area contributed by atoms with E-state index in [1.807, 2.05) is 0 Å². The molecule has 2 N–H and O–H groups in total. The van der Waals surface area contributed by atoms with E-state index in [9.17, 15) is 14.4 Å². The summed E-state index contributed by atoms with van der Waals surface area (Å²) >= 11 is 0. The number of benzene rings is 1. The first-order valence-corrected chi connectivity index (χ1v) is 7.79. The van der Waals surface area contributed by atoms with Crippen LogP contribution in [0.1, 0.15) is 35.6 Å². The van der Waals surface area contributed by atoms with Crippen molar-refractivity contribution < 1.29 is 19.1 Å². The number of aryl methyl sites for hydroxylation is 1. The van der Waals surface area contributed by atoms with E-state index in [1.54, 1.807) is 38.1 Å². The highest BCUT2D eigenvalue weighted by molar-refractivity contribution is 6.01. The Bertz CT molecular complexity index is 828. The molecule has 2 heterocycles. The summed E-state index contributed by atoms with van der Waals surface area (Å²) < 4.78 is 6.32. The molecule has 0 radical (unpaired) electrons. The Morgan fingerprint density at radius 2 is 2.04 bits per heavy atom. The minimum atomic E-state index is -0.727. The van der Waals surface area contributed by atoms with E-state index in [0.717, 1.165) is 0 Å². The van der Waals surface area contributed by atoms with Gasteiger partial charge in [0.25, 0.3) is 5.91 Å². The largest absolute Gasteiger partial charge is 0.462 e. The molecular formula is C16H17N5O4. The fourth-order valence-electron chi connectivity index (χ4n) is 2.51. The van der Waals surface area contributed by atoms with Crippen molar-refractivity contribution in [3.8, 4) is 0 Å². The van der Waals surface area contributed by atoms with Gasteiger partial charge in [0.15, 0.2) is 0 Å². The molecule has 0 saturated heterocycles. The van der Waals surface area contributed by atoms with Crippen LogP contribution in [0.25, 0.3) is 0 Å². The van der Waals surface area contributed by atoms with E-state index in [0.29, 0.717) is 29.6 Å². The second kappa shape index (κ2) is 6.71. The van der Waals surface area contributed by atoms with Crippen LogP contribution in [0.3, 0.4) is 0 Å². The van der Waals surface area contributed by atoms with E-state index in [4.69, 9.17) is 4.74 Å². The average Bonchev–Trinajstić information content (AvgIpc) is 3.05. The number of ether oxygens (including phenoxy) is 1. The zero-order chi connectivity index (χ0) is 18.0. The summed E-state index contributed by atoms with van der Waals surface area (Å²) in [6.07, 6.45) is -0.0682. The van der Waals surface area contributed by atoms with Crippen LogP contribution in [0.5, 0.6) is 0 Å². The van der Waals surface area contributed by atoms with Gasteiger partial charge in [-0.05, 0) is 38.1 Å². The van der Waals surface area contributed by atoms with E-state index >= 15 is 0 Å². The highest BCUT2D eigenvalue weighted by atomic mass is 16.5. The van der Waals surface area contributed by atoms with Crippen LogP contribution >= 0.6 is 0 Å². The third kappa shape index (κ3) is 3.49. The number of rotatable bonds is 5. The molecule has 130 valence electrons. The summed E-state index contributed by atoms with van der Waals surface area (Å²) in [4.78, 5) is 39.8. The van der Waals surface area contributed by atoms with Gasteiger partial charge in [0.05, 0.1) is 18.6 Å². The molecule has 1 aliphatic rings. The van der Waals surface area contributed by atoms with Crippen LogP contribution in [-0.4, -0.2) is 39.2 Å². The molecule has 0 saturated carbocycles. The van der Waals surface area contributed by atoms with Crippen molar-refractivity contribution in [3.63, 3.8) is 0 Å². The number of amides is 2. The zero-order valence-electron chi connectivity index (χ0n) is 13.8. The van der Waals surface area contributed by atoms with Gasteiger partial charge in [-0.3, -0.25) is 14.9 Å². The maximum absolute atomic E-state index is 12.2. The minimum absolute atomic E-state index is 0.0682. The summed E-state index contributed by atoms with van der Waals surface area (Å²) in [6, 6.07) is 5.60. The molecule has 2 amide bonds. The maximum atomic E-state index is 12.2. The van der Waals surface area contributed by atoms with Gasteiger partial charge in [0.1, 0.15) is 11.9 Å². The van der Waals surface area contributed by atoms with E-state index in [2.05, 4.69) is 20.7 Å². The lowest BCUT2D eigenvalue weighted by Crippen LogP contribution is -2.23. The summed E-state index contributed by atoms with van der Waals surface area (Å²) in [5.41, 5.74) is 0.921. The normalized spacial score (nSPS) is 15.4. The molecule has 0 aliphatic carbocycles. The molecular weight excluding hydrogens is 326 g/mol. The molecule has 1 aliphatic heterocycles. The van der Waals surface area contributed by atoms with Crippen molar-refractivity contribution in [2.75, 3.05) is 17.2 Å². The average molecular weight is 343 g/mol. The van der Waals surface area contributed by atoms with Crippen LogP contribution in [-0.2, 0) is 14.3 Å². The van der Waals surface area contributed by atoms with Crippen LogP contribution < -0.4 is 10.6 Å². The number of fused-ring (bicyclic) bond motifs is 1. The minimum Gasteiger partial charge on any atom is -0.462 e. The predicted molar refractivity (Wildman–Crippen MR) is 88.1 cm³/mol. The molecule has 1 atom stereocenters. The fourth-order valence-corrected chi connectivity index (χ4v) is 2.51. The molecule has 3 rings (SSSR count). The second-order valence-electron chi connectivity index (χ2n) is 5.48. The van der Waals surface area contributed by atoms with Crippen LogP contribution in [0.4, 0.5) is 11.6 Å². The Labute approximate surface area is 143 Å². The smallest absolute Gasteiger partial charge is 0.338 e. The lowest BCUT2D eigenvalue weighted by Gasteiger charge is -2.10. The number of nitrogens with zero attached hydrogens (tertiary/aromatic N) is 3. The number of nitrogens with one attached hydrogen (secondary N) is 2. The zero-order valence-corrected chi connectivity index (χ0v) is 13.8. The van der Waals surface area contributed by atoms with Crippen molar-refractivity contribution in [2.24, 2.45) is 0 Å². The molecule has 25 heavy (non-hydrogen) atoms. The molecule has 0 bridgehead atoms. The Balaban J connectivity index is 1.63. The van der Waals surface area contributed by atoms with E-state index in [1.165, 1.54) is 4.68 Å². The summed E-state index contributed by atoms with van der Waals surface area (Å²) in [6.45, 7) is 3.73. The van der Waals surface area contributed by atoms with Gasteiger partial charge >= 0.3 is 5.97 Å². The third-order valence-electron chi connectivity index (χ3n) is 3.63. The van der Waals surface area contributed by atoms with Gasteiger partial charge in [0.2, 0.25) is 11.9 Å². The van der Waals surface area contributed by atoms with Crippen molar-refractivity contribution in [3.05, 3.63) is 35.7 Å². The first kappa shape index (κ1) is 16.6. The lowest BCUT2D eigenvalue weighted by atomic mass is 10.1. The number of hydrogen-bond acceptors (Lipinski definition) is 6. The topological polar surface area (TPSA) is 115 Å². The summed E-state index contributed by atoms with van der Waals surface area (Å²) in [5, 5.41) is 9.40. The summed E-state index contributed by atoms with van der Waals surface area (Å²) in [5.74, 6) is -0.209. The van der Waals surface area contributed by atoms with E-state index < -0.39 is 12.0 Å². The first-order chi connectivity index (χ1) is 12.0. The van der Waals surface area contributed by atoms with Crippen molar-refractivity contribution in [2.45, 2.75) is 26.3 Å². The third-order valence-corrected chi connectivity index (χ3v) is 3.63. The molecule has 2 aromatic rings. The number of anilines is 2. The van der Waals surface area contributed by atoms with Crippen LogP contribution in [0.2, 0.25) is 0 Å². The number of hydrogen-bond donors (Lipinski definition) is 2. The second-order valence-corrected chi connectivity index (χ2v) is 5.48. The summed E-state index contributed by atoms with van der Waals surface area (Å²) in [7, 11) is 0. The van der Waals surface area contributed by atoms with Gasteiger partial charge in [-0.15, -0.1) is 0 Å². The molecule has 9 heteroatoms. The number of aromatic nitrogens is 3. The Kier molecular flexibility index (Phi) is 4.46. The molecule has 1 unspecified atom stereocenters. The Morgan fingerprint density at radius 3 is 2.72 bits per heavy atom. The van der Waals surface area contributed by atoms with E-state index in [-0.39, 0.29) is 18.2 Å². The molecule has 1 aromatic heterocycles. The molecule has 0 spiro atoms. The molecule has 0 fully saturated rings. The van der Waals surface area contributed by atoms with Gasteiger partial charge in [0, 0.05) is 5.69 Å². The van der Waals surface area contributed by atoms with Crippen molar-refractivity contribution in [1.29, 1.82) is 0 Å². The molecule has 1 aromatic carbocycles. The predicted octanol–water partition coefficient (Wildman–Crippen LogP) is 1.29. The van der Waals surface area contributed by atoms with Crippen molar-refractivity contribution in [1.82, 2.24) is 14.8 Å². The fraction of sp³-hybridized carbons (Fsp3) is 0.312. The monoisotopic (exact) mass is 343 g/mol. The standard InChI is InChI=1S/C16H17N5O4/c1-3-25-15(24)10-4-6-11(7-5-10)18-13(22)8-12-14(23)19-16-17-9(2)20-21(12)16/h4-7,12H,3,8H2,1-2H3,(H,18,22)(H,17,19,20,23). The van der Waals surface area contributed by atoms with Crippen molar-refractivity contribution >= 4 is 29.4 Å². The van der Waals surface area contributed by atoms with Crippen LogP contribution in [0.15, 0.2) is 24.3 Å². The lowest BCUT2D eigenvalue weighted by molar-refractivity contribution is -0.123. The maximum Gasteiger partial charge on any atom is 0.338 e. The van der Waals surface area contributed by atoms with Gasteiger partial charge in [-0.1, -0.05) is 0 Å². The molecule has 9 nitrogen and oxygen atoms in total. The van der Waals surface area contributed by atoms with Gasteiger partial charge in [-0.25, -0.2) is 9.48 Å². The van der Waals surface area contributed by atoms with Crippen LogP contribution in [0, 0.1) is 6.92 Å². The number of esters is 1. The Morgan fingerprint density at radius 1 is 1.32 bits per heavy atom. The Hall–Kier alpha value is -3.23. The SMILES string of the molecule is CCOC(=O)c1ccc(NC(=O)CC2C(=O)Nc3nc(C)nn32)cc1. The number of carbonyl (C=O) groups excluding carboxylic acids is 3. The first-order valence-electron chi connectivity index (χ1n) is 7.79.